The smallest absolute Gasteiger partial charge is 0.128 e. The van der Waals surface area contributed by atoms with Gasteiger partial charge >= 0.3 is 0 Å². The standard InChI is InChI=1S/C21H33NO.C15H23NO/c1-20(2,3)16-12-15(14-22-17-10-8-7-9-11-17)19(23)18(13-16)21(4,5)6;1-14(2,3)11-7-10(9-16)13(17)12(8-11)15(4,5)6/h12-14,17,23H,7-11H2,1-6H3;7-9,16-17H,1-6H3. The number of nitrogens with one attached hydrogen (secondary N) is 1. The van der Waals surface area contributed by atoms with E-state index in [-0.39, 0.29) is 27.4 Å². The lowest BCUT2D eigenvalue weighted by atomic mass is 9.79. The first-order valence-electron chi connectivity index (χ1n) is 15.0. The van der Waals surface area contributed by atoms with Crippen LogP contribution < -0.4 is 0 Å². The zero-order chi connectivity index (χ0) is 30.7. The van der Waals surface area contributed by atoms with Gasteiger partial charge in [-0.1, -0.05) is 114 Å². The first-order chi connectivity index (χ1) is 18.2. The molecule has 0 heterocycles. The Hall–Kier alpha value is -2.62. The molecule has 2 aromatic rings. The van der Waals surface area contributed by atoms with E-state index >= 15 is 0 Å². The van der Waals surface area contributed by atoms with Gasteiger partial charge in [0.05, 0.1) is 0 Å². The molecule has 1 fully saturated rings. The predicted octanol–water partition coefficient (Wildman–Crippen LogP) is 9.72. The van der Waals surface area contributed by atoms with Crippen LogP contribution in [0.4, 0.5) is 0 Å². The quantitative estimate of drug-likeness (QED) is 0.334. The molecule has 0 radical (unpaired) electrons. The number of phenols is 2. The highest BCUT2D eigenvalue weighted by atomic mass is 16.3. The van der Waals surface area contributed by atoms with Gasteiger partial charge in [-0.25, -0.2) is 0 Å². The molecule has 0 atom stereocenters. The first kappa shape index (κ1) is 33.6. The average molecular weight is 549 g/mol. The predicted molar refractivity (Wildman–Crippen MR) is 173 cm³/mol. The molecule has 2 aromatic carbocycles. The SMILES string of the molecule is CC(C)(C)c1cc(C=N)c(O)c(C(C)(C)C)c1.CC(C)(C)c1cc(C=NC2CCCCC2)c(O)c(C(C)(C)C)c1. The third kappa shape index (κ3) is 8.94. The summed E-state index contributed by atoms with van der Waals surface area (Å²) in [6.45, 7) is 25.7. The van der Waals surface area contributed by atoms with E-state index in [1.165, 1.54) is 43.9 Å². The fourth-order valence-electron chi connectivity index (χ4n) is 4.95. The highest BCUT2D eigenvalue weighted by Gasteiger charge is 2.26. The van der Waals surface area contributed by atoms with Crippen LogP contribution in [0, 0.1) is 5.41 Å². The lowest BCUT2D eigenvalue weighted by molar-refractivity contribution is 0.440. The van der Waals surface area contributed by atoms with E-state index in [2.05, 4.69) is 101 Å². The van der Waals surface area contributed by atoms with Crippen molar-refractivity contribution in [3.63, 3.8) is 0 Å². The third-order valence-corrected chi connectivity index (χ3v) is 7.78. The number of phenolic OH excluding ortho intramolecular Hbond substituents is 2. The average Bonchev–Trinajstić information content (AvgIpc) is 2.81. The van der Waals surface area contributed by atoms with Crippen molar-refractivity contribution in [1.29, 1.82) is 5.41 Å². The summed E-state index contributed by atoms with van der Waals surface area (Å²) in [6.07, 6.45) is 9.40. The van der Waals surface area contributed by atoms with Crippen molar-refractivity contribution < 1.29 is 10.2 Å². The van der Waals surface area contributed by atoms with Gasteiger partial charge in [0.1, 0.15) is 11.5 Å². The van der Waals surface area contributed by atoms with Crippen LogP contribution in [-0.4, -0.2) is 28.7 Å². The lowest BCUT2D eigenvalue weighted by Gasteiger charge is -2.27. The van der Waals surface area contributed by atoms with Gasteiger partial charge in [0, 0.05) is 40.7 Å². The van der Waals surface area contributed by atoms with Crippen molar-refractivity contribution in [2.45, 2.75) is 143 Å². The van der Waals surface area contributed by atoms with Crippen molar-refractivity contribution in [3.8, 4) is 11.5 Å². The van der Waals surface area contributed by atoms with E-state index in [0.717, 1.165) is 22.3 Å². The molecule has 1 saturated carbocycles. The van der Waals surface area contributed by atoms with E-state index in [9.17, 15) is 10.2 Å². The summed E-state index contributed by atoms with van der Waals surface area (Å²) in [7, 11) is 0. The van der Waals surface area contributed by atoms with Gasteiger partial charge in [-0.15, -0.1) is 0 Å². The minimum absolute atomic E-state index is 0.0193. The fourth-order valence-corrected chi connectivity index (χ4v) is 4.95. The number of nitrogens with zero attached hydrogens (tertiary/aromatic N) is 1. The van der Waals surface area contributed by atoms with E-state index in [4.69, 9.17) is 10.4 Å². The van der Waals surface area contributed by atoms with Crippen molar-refractivity contribution >= 4 is 12.4 Å². The molecule has 1 aliphatic rings. The Morgan fingerprint density at radius 1 is 0.625 bits per heavy atom. The van der Waals surface area contributed by atoms with Crippen molar-refractivity contribution in [2.24, 2.45) is 4.99 Å². The van der Waals surface area contributed by atoms with Gasteiger partial charge < -0.3 is 15.6 Å². The van der Waals surface area contributed by atoms with E-state index < -0.39 is 0 Å². The van der Waals surface area contributed by atoms with E-state index in [1.807, 2.05) is 12.3 Å². The summed E-state index contributed by atoms with van der Waals surface area (Å²) in [5, 5.41) is 28.3. The maximum absolute atomic E-state index is 10.8. The molecule has 0 aliphatic heterocycles. The van der Waals surface area contributed by atoms with Gasteiger partial charge in [0.15, 0.2) is 0 Å². The summed E-state index contributed by atoms with van der Waals surface area (Å²) < 4.78 is 0. The molecule has 3 N–H and O–H groups in total. The van der Waals surface area contributed by atoms with Gasteiger partial charge in [-0.2, -0.15) is 0 Å². The normalized spacial score (nSPS) is 15.6. The summed E-state index contributed by atoms with van der Waals surface area (Å²) in [6, 6.07) is 8.66. The zero-order valence-corrected chi connectivity index (χ0v) is 27.4. The van der Waals surface area contributed by atoms with Crippen molar-refractivity contribution in [2.75, 3.05) is 0 Å². The second kappa shape index (κ2) is 12.5. The van der Waals surface area contributed by atoms with Crippen molar-refractivity contribution in [1.82, 2.24) is 0 Å². The highest BCUT2D eigenvalue weighted by molar-refractivity contribution is 5.85. The summed E-state index contributed by atoms with van der Waals surface area (Å²) in [5.74, 6) is 0.630. The Labute approximate surface area is 244 Å². The molecule has 40 heavy (non-hydrogen) atoms. The highest BCUT2D eigenvalue weighted by Crippen LogP contribution is 2.38. The fraction of sp³-hybridized carbons (Fsp3) is 0.611. The maximum Gasteiger partial charge on any atom is 0.128 e. The van der Waals surface area contributed by atoms with Crippen LogP contribution in [0.15, 0.2) is 29.3 Å². The van der Waals surface area contributed by atoms with Crippen LogP contribution in [0.2, 0.25) is 0 Å². The minimum atomic E-state index is -0.122. The van der Waals surface area contributed by atoms with E-state index in [1.54, 1.807) is 0 Å². The minimum Gasteiger partial charge on any atom is -0.507 e. The van der Waals surface area contributed by atoms with Crippen LogP contribution in [0.5, 0.6) is 11.5 Å². The molecule has 222 valence electrons. The number of aliphatic imine (C=N–C) groups is 1. The molecular formula is C36H56N2O2. The second-order valence-electron chi connectivity index (χ2n) is 15.6. The molecule has 3 rings (SSSR count). The Morgan fingerprint density at radius 2 is 1.02 bits per heavy atom. The Morgan fingerprint density at radius 3 is 1.40 bits per heavy atom. The van der Waals surface area contributed by atoms with E-state index in [0.29, 0.717) is 17.4 Å². The topological polar surface area (TPSA) is 76.7 Å². The molecule has 0 spiro atoms. The number of rotatable bonds is 3. The zero-order valence-electron chi connectivity index (χ0n) is 27.4. The summed E-state index contributed by atoms with van der Waals surface area (Å²) >= 11 is 0. The summed E-state index contributed by atoms with van der Waals surface area (Å²) in [5.41, 5.74) is 5.66. The number of aromatic hydroxyl groups is 2. The van der Waals surface area contributed by atoms with Gasteiger partial charge in [0.2, 0.25) is 0 Å². The van der Waals surface area contributed by atoms with Gasteiger partial charge in [-0.3, -0.25) is 4.99 Å². The largest absolute Gasteiger partial charge is 0.507 e. The lowest BCUT2D eigenvalue weighted by Crippen LogP contribution is -2.17. The molecular weight excluding hydrogens is 492 g/mol. The Kier molecular flexibility index (Phi) is 10.5. The monoisotopic (exact) mass is 548 g/mol. The van der Waals surface area contributed by atoms with Crippen LogP contribution in [0.1, 0.15) is 149 Å². The van der Waals surface area contributed by atoms with Crippen molar-refractivity contribution in [3.05, 3.63) is 57.6 Å². The van der Waals surface area contributed by atoms with Crippen LogP contribution in [0.25, 0.3) is 0 Å². The first-order valence-corrected chi connectivity index (χ1v) is 15.0. The summed E-state index contributed by atoms with van der Waals surface area (Å²) in [4.78, 5) is 4.78. The molecule has 0 saturated heterocycles. The molecule has 0 aromatic heterocycles. The number of benzene rings is 2. The Bertz CT molecular complexity index is 1190. The van der Waals surface area contributed by atoms with Gasteiger partial charge in [0.25, 0.3) is 0 Å². The number of hydrogen-bond acceptors (Lipinski definition) is 4. The van der Waals surface area contributed by atoms with Crippen LogP contribution in [-0.2, 0) is 21.7 Å². The molecule has 1 aliphatic carbocycles. The second-order valence-corrected chi connectivity index (χ2v) is 15.6. The van der Waals surface area contributed by atoms with Crippen LogP contribution >= 0.6 is 0 Å². The number of hydrogen-bond donors (Lipinski definition) is 3. The van der Waals surface area contributed by atoms with Gasteiger partial charge in [-0.05, 0) is 57.8 Å². The molecule has 0 unspecified atom stereocenters. The molecule has 4 nitrogen and oxygen atoms in total. The maximum atomic E-state index is 10.8. The Balaban J connectivity index is 0.000000294. The third-order valence-electron chi connectivity index (χ3n) is 7.78. The molecule has 4 heteroatoms. The molecule has 0 amide bonds. The van der Waals surface area contributed by atoms with Crippen LogP contribution in [0.3, 0.4) is 0 Å². The molecule has 0 bridgehead atoms.